The average Bonchev–Trinajstić information content (AvgIpc) is 2.73. The highest BCUT2D eigenvalue weighted by Crippen LogP contribution is 2.21. The van der Waals surface area contributed by atoms with Crippen LogP contribution >= 0.6 is 27.3 Å². The molecule has 0 unspecified atom stereocenters. The number of thiophene rings is 1. The van der Waals surface area contributed by atoms with Crippen LogP contribution in [0.3, 0.4) is 0 Å². The average molecular weight is 314 g/mol. The van der Waals surface area contributed by atoms with Crippen molar-refractivity contribution in [1.29, 1.82) is 0 Å². The largest absolute Gasteiger partial charge is 0.306 e. The number of benzene rings is 1. The van der Waals surface area contributed by atoms with Gasteiger partial charge in [-0.2, -0.15) is 0 Å². The standard InChI is InChI=1S/C13H13BrFNS/c1-9(11-2-4-12(15)5-3-11)16-7-10-6-13(14)17-8-10/h2-6,8-9,16H,7H2,1H3/t9-/m1/s1. The van der Waals surface area contributed by atoms with Crippen LogP contribution in [0, 0.1) is 5.82 Å². The van der Waals surface area contributed by atoms with Crippen LogP contribution in [0.5, 0.6) is 0 Å². The monoisotopic (exact) mass is 313 g/mol. The number of nitrogens with one attached hydrogen (secondary N) is 1. The van der Waals surface area contributed by atoms with E-state index in [0.717, 1.165) is 15.9 Å². The van der Waals surface area contributed by atoms with Gasteiger partial charge < -0.3 is 5.32 Å². The fourth-order valence-corrected chi connectivity index (χ4v) is 2.79. The Balaban J connectivity index is 1.93. The first-order valence-corrected chi connectivity index (χ1v) is 7.04. The zero-order chi connectivity index (χ0) is 12.3. The van der Waals surface area contributed by atoms with E-state index in [-0.39, 0.29) is 11.9 Å². The van der Waals surface area contributed by atoms with Gasteiger partial charge >= 0.3 is 0 Å². The Morgan fingerprint density at radius 2 is 2.06 bits per heavy atom. The predicted octanol–water partition coefficient (Wildman–Crippen LogP) is 4.50. The number of hydrogen-bond acceptors (Lipinski definition) is 2. The van der Waals surface area contributed by atoms with Crippen LogP contribution in [0.15, 0.2) is 39.5 Å². The lowest BCUT2D eigenvalue weighted by atomic mass is 10.1. The maximum absolute atomic E-state index is 12.8. The molecular formula is C13H13BrFNS. The molecule has 0 fully saturated rings. The normalized spacial score (nSPS) is 12.6. The molecule has 0 radical (unpaired) electrons. The third kappa shape index (κ3) is 3.63. The van der Waals surface area contributed by atoms with Crippen molar-refractivity contribution in [2.45, 2.75) is 19.5 Å². The Kier molecular flexibility index (Phi) is 4.31. The molecule has 2 aromatic rings. The summed E-state index contributed by atoms with van der Waals surface area (Å²) in [6.45, 7) is 2.90. The van der Waals surface area contributed by atoms with E-state index in [9.17, 15) is 4.39 Å². The molecule has 1 heterocycles. The molecule has 0 amide bonds. The molecule has 0 bridgehead atoms. The van der Waals surface area contributed by atoms with Gasteiger partial charge in [0.1, 0.15) is 5.82 Å². The van der Waals surface area contributed by atoms with Crippen LogP contribution < -0.4 is 5.32 Å². The second-order valence-corrected chi connectivity index (χ2v) is 6.20. The summed E-state index contributed by atoms with van der Waals surface area (Å²) in [7, 11) is 0. The summed E-state index contributed by atoms with van der Waals surface area (Å²) < 4.78 is 13.9. The molecule has 1 nitrogen and oxygen atoms in total. The predicted molar refractivity (Wildman–Crippen MR) is 73.7 cm³/mol. The quantitative estimate of drug-likeness (QED) is 0.876. The highest BCUT2D eigenvalue weighted by molar-refractivity contribution is 9.11. The highest BCUT2D eigenvalue weighted by atomic mass is 79.9. The van der Waals surface area contributed by atoms with Crippen LogP contribution in [0.25, 0.3) is 0 Å². The van der Waals surface area contributed by atoms with E-state index in [1.165, 1.54) is 17.7 Å². The summed E-state index contributed by atoms with van der Waals surface area (Å²) in [4.78, 5) is 0. The van der Waals surface area contributed by atoms with E-state index < -0.39 is 0 Å². The molecule has 1 aromatic carbocycles. The van der Waals surface area contributed by atoms with E-state index in [2.05, 4.69) is 39.6 Å². The summed E-state index contributed by atoms with van der Waals surface area (Å²) in [5.74, 6) is -0.192. The van der Waals surface area contributed by atoms with Crippen molar-refractivity contribution >= 4 is 27.3 Å². The van der Waals surface area contributed by atoms with E-state index in [0.29, 0.717) is 0 Å². The minimum Gasteiger partial charge on any atom is -0.306 e. The van der Waals surface area contributed by atoms with Gasteiger partial charge in [-0.1, -0.05) is 12.1 Å². The molecule has 0 saturated carbocycles. The van der Waals surface area contributed by atoms with E-state index in [4.69, 9.17) is 0 Å². The van der Waals surface area contributed by atoms with E-state index in [1.54, 1.807) is 11.3 Å². The topological polar surface area (TPSA) is 12.0 Å². The first-order valence-electron chi connectivity index (χ1n) is 5.37. The maximum Gasteiger partial charge on any atom is 0.123 e. The lowest BCUT2D eigenvalue weighted by Crippen LogP contribution is -2.17. The van der Waals surface area contributed by atoms with Gasteiger partial charge in [-0.05, 0) is 57.6 Å². The van der Waals surface area contributed by atoms with Crippen LogP contribution in [-0.4, -0.2) is 0 Å². The van der Waals surface area contributed by atoms with Crippen LogP contribution in [0.4, 0.5) is 4.39 Å². The first kappa shape index (κ1) is 12.7. The van der Waals surface area contributed by atoms with Crippen molar-refractivity contribution in [1.82, 2.24) is 5.32 Å². The Bertz CT molecular complexity index is 480. The van der Waals surface area contributed by atoms with Crippen LogP contribution in [-0.2, 0) is 6.54 Å². The molecule has 2 rings (SSSR count). The Labute approximate surface area is 113 Å². The molecule has 17 heavy (non-hydrogen) atoms. The Morgan fingerprint density at radius 1 is 1.35 bits per heavy atom. The van der Waals surface area contributed by atoms with Crippen LogP contribution in [0.1, 0.15) is 24.1 Å². The molecular weight excluding hydrogens is 301 g/mol. The van der Waals surface area contributed by atoms with Crippen molar-refractivity contribution in [2.75, 3.05) is 0 Å². The molecule has 0 aliphatic carbocycles. The van der Waals surface area contributed by atoms with Crippen LogP contribution in [0.2, 0.25) is 0 Å². The van der Waals surface area contributed by atoms with Crippen molar-refractivity contribution in [3.05, 3.63) is 56.4 Å². The molecule has 0 aliphatic heterocycles. The molecule has 90 valence electrons. The third-order valence-corrected chi connectivity index (χ3v) is 4.16. The van der Waals surface area contributed by atoms with E-state index in [1.807, 2.05) is 12.1 Å². The van der Waals surface area contributed by atoms with Gasteiger partial charge in [-0.25, -0.2) is 4.39 Å². The SMILES string of the molecule is C[C@@H](NCc1csc(Br)c1)c1ccc(F)cc1. The van der Waals surface area contributed by atoms with Gasteiger partial charge in [0, 0.05) is 12.6 Å². The number of hydrogen-bond donors (Lipinski definition) is 1. The summed E-state index contributed by atoms with van der Waals surface area (Å²) in [5.41, 5.74) is 2.36. The van der Waals surface area contributed by atoms with Crippen molar-refractivity contribution < 1.29 is 4.39 Å². The van der Waals surface area contributed by atoms with Gasteiger partial charge in [0.25, 0.3) is 0 Å². The smallest absolute Gasteiger partial charge is 0.123 e. The lowest BCUT2D eigenvalue weighted by molar-refractivity contribution is 0.572. The molecule has 0 aliphatic rings. The third-order valence-electron chi connectivity index (χ3n) is 2.60. The molecule has 1 N–H and O–H groups in total. The van der Waals surface area contributed by atoms with Gasteiger partial charge in [-0.3, -0.25) is 0 Å². The Morgan fingerprint density at radius 3 is 2.65 bits per heavy atom. The summed E-state index contributed by atoms with van der Waals surface area (Å²) in [5, 5.41) is 5.53. The Hall–Kier alpha value is -0.710. The fraction of sp³-hybridized carbons (Fsp3) is 0.231. The second-order valence-electron chi connectivity index (χ2n) is 3.91. The molecule has 1 atom stereocenters. The summed E-state index contributed by atoms with van der Waals surface area (Å²) in [6, 6.07) is 8.94. The summed E-state index contributed by atoms with van der Waals surface area (Å²) >= 11 is 5.12. The number of halogens is 2. The minimum atomic E-state index is -0.192. The number of rotatable bonds is 4. The van der Waals surface area contributed by atoms with Gasteiger partial charge in [0.15, 0.2) is 0 Å². The first-order chi connectivity index (χ1) is 8.15. The van der Waals surface area contributed by atoms with Gasteiger partial charge in [0.2, 0.25) is 0 Å². The van der Waals surface area contributed by atoms with Crippen molar-refractivity contribution in [2.24, 2.45) is 0 Å². The zero-order valence-corrected chi connectivity index (χ0v) is 11.8. The van der Waals surface area contributed by atoms with Crippen molar-refractivity contribution in [3.63, 3.8) is 0 Å². The molecule has 4 heteroatoms. The van der Waals surface area contributed by atoms with Gasteiger partial charge in [-0.15, -0.1) is 11.3 Å². The zero-order valence-electron chi connectivity index (χ0n) is 9.41. The van der Waals surface area contributed by atoms with E-state index >= 15 is 0 Å². The molecule has 0 spiro atoms. The minimum absolute atomic E-state index is 0.192. The van der Waals surface area contributed by atoms with Crippen molar-refractivity contribution in [3.8, 4) is 0 Å². The second kappa shape index (κ2) is 5.76. The lowest BCUT2D eigenvalue weighted by Gasteiger charge is -2.13. The van der Waals surface area contributed by atoms with Gasteiger partial charge in [0.05, 0.1) is 3.79 Å². The fourth-order valence-electron chi connectivity index (χ4n) is 1.58. The molecule has 1 aromatic heterocycles. The highest BCUT2D eigenvalue weighted by Gasteiger charge is 2.05. The summed E-state index contributed by atoms with van der Waals surface area (Å²) in [6.07, 6.45) is 0. The molecule has 0 saturated heterocycles. The maximum atomic E-state index is 12.8.